The molecule has 1 atom stereocenters. The number of benzene rings is 1. The van der Waals surface area contributed by atoms with E-state index in [-0.39, 0.29) is 0 Å². The molecule has 1 aromatic rings. The Bertz CT molecular complexity index is 372. The van der Waals surface area contributed by atoms with Crippen LogP contribution < -0.4 is 4.74 Å². The molecule has 20 heavy (non-hydrogen) atoms. The van der Waals surface area contributed by atoms with E-state index < -0.39 is 6.10 Å². The van der Waals surface area contributed by atoms with Gasteiger partial charge in [0.15, 0.2) is 0 Å². The molecule has 0 heterocycles. The minimum absolute atomic E-state index is 0.473. The summed E-state index contributed by atoms with van der Waals surface area (Å²) in [5, 5.41) is 9.74. The second-order valence-corrected chi connectivity index (χ2v) is 5.69. The average Bonchev–Trinajstić information content (AvgIpc) is 2.41. The maximum atomic E-state index is 9.74. The van der Waals surface area contributed by atoms with Gasteiger partial charge in [0.2, 0.25) is 0 Å². The second kappa shape index (κ2) is 9.82. The van der Waals surface area contributed by atoms with Crippen molar-refractivity contribution in [1.82, 2.24) is 0 Å². The van der Waals surface area contributed by atoms with Crippen LogP contribution in [0.25, 0.3) is 0 Å². The molecule has 0 fully saturated rings. The third-order valence-electron chi connectivity index (χ3n) is 3.62. The van der Waals surface area contributed by atoms with Crippen molar-refractivity contribution in [2.75, 3.05) is 6.61 Å². The molecular formula is C18H30O2. The molecule has 0 bridgehead atoms. The number of aryl methyl sites for hydroxylation is 1. The maximum absolute atomic E-state index is 9.74. The van der Waals surface area contributed by atoms with Crippen LogP contribution in [-0.4, -0.2) is 11.7 Å². The fourth-order valence-corrected chi connectivity index (χ4v) is 2.35. The van der Waals surface area contributed by atoms with E-state index in [9.17, 15) is 5.11 Å². The van der Waals surface area contributed by atoms with Crippen molar-refractivity contribution in [3.8, 4) is 5.75 Å². The van der Waals surface area contributed by atoms with Crippen molar-refractivity contribution in [1.29, 1.82) is 0 Å². The van der Waals surface area contributed by atoms with Gasteiger partial charge in [-0.25, -0.2) is 0 Å². The highest BCUT2D eigenvalue weighted by Gasteiger charge is 2.09. The topological polar surface area (TPSA) is 29.5 Å². The van der Waals surface area contributed by atoms with Gasteiger partial charge in [-0.15, -0.1) is 0 Å². The summed E-state index contributed by atoms with van der Waals surface area (Å²) in [6.07, 6.45) is 8.54. The molecule has 0 amide bonds. The summed E-state index contributed by atoms with van der Waals surface area (Å²) in [6.45, 7) is 6.82. The Morgan fingerprint density at radius 3 is 2.35 bits per heavy atom. The van der Waals surface area contributed by atoms with Crippen molar-refractivity contribution in [3.63, 3.8) is 0 Å². The molecule has 1 unspecified atom stereocenters. The van der Waals surface area contributed by atoms with Crippen molar-refractivity contribution >= 4 is 0 Å². The lowest BCUT2D eigenvalue weighted by atomic mass is 10.1. The minimum atomic E-state index is -0.473. The number of aliphatic hydroxyl groups excluding tert-OH is 1. The summed E-state index contributed by atoms with van der Waals surface area (Å²) in [7, 11) is 0. The van der Waals surface area contributed by atoms with Crippen LogP contribution in [0.3, 0.4) is 0 Å². The summed E-state index contributed by atoms with van der Waals surface area (Å²) in [4.78, 5) is 0. The van der Waals surface area contributed by atoms with Crippen LogP contribution in [0.5, 0.6) is 5.75 Å². The molecule has 2 heteroatoms. The summed E-state index contributed by atoms with van der Waals surface area (Å²) in [5.41, 5.74) is 2.06. The number of ether oxygens (including phenoxy) is 1. The summed E-state index contributed by atoms with van der Waals surface area (Å²) in [5.74, 6) is 0.839. The number of aliphatic hydroxyl groups is 1. The van der Waals surface area contributed by atoms with Crippen molar-refractivity contribution in [2.24, 2.45) is 0 Å². The third-order valence-corrected chi connectivity index (χ3v) is 3.62. The van der Waals surface area contributed by atoms with Gasteiger partial charge < -0.3 is 9.84 Å². The first kappa shape index (κ1) is 17.0. The van der Waals surface area contributed by atoms with E-state index in [1.54, 1.807) is 6.92 Å². The molecule has 1 rings (SSSR count). The average molecular weight is 278 g/mol. The minimum Gasteiger partial charge on any atom is -0.493 e. The number of rotatable bonds is 10. The Labute approximate surface area is 124 Å². The van der Waals surface area contributed by atoms with Crippen molar-refractivity contribution in [3.05, 3.63) is 29.3 Å². The second-order valence-electron chi connectivity index (χ2n) is 5.69. The standard InChI is InChI=1S/C18H30O2/c1-4-5-6-7-8-9-10-13-20-18-14-15(2)11-12-17(18)16(3)19/h11-12,14,16,19H,4-10,13H2,1-3H3. The number of hydrogen-bond acceptors (Lipinski definition) is 2. The van der Waals surface area contributed by atoms with Crippen LogP contribution in [0.1, 0.15) is 76.0 Å². The van der Waals surface area contributed by atoms with E-state index in [0.29, 0.717) is 0 Å². The molecule has 114 valence electrons. The van der Waals surface area contributed by atoms with Crippen LogP contribution in [0.4, 0.5) is 0 Å². The molecule has 0 aliphatic carbocycles. The highest BCUT2D eigenvalue weighted by atomic mass is 16.5. The van der Waals surface area contributed by atoms with Crippen molar-refractivity contribution in [2.45, 2.75) is 71.8 Å². The van der Waals surface area contributed by atoms with E-state index in [2.05, 4.69) is 6.92 Å². The Morgan fingerprint density at radius 1 is 1.05 bits per heavy atom. The predicted octanol–water partition coefficient (Wildman–Crippen LogP) is 5.18. The molecule has 0 spiro atoms. The fourth-order valence-electron chi connectivity index (χ4n) is 2.35. The summed E-state index contributed by atoms with van der Waals surface area (Å²) in [6, 6.07) is 5.99. The van der Waals surface area contributed by atoms with Gasteiger partial charge in [0, 0.05) is 5.56 Å². The highest BCUT2D eigenvalue weighted by Crippen LogP contribution is 2.26. The molecule has 0 aliphatic heterocycles. The van der Waals surface area contributed by atoms with E-state index in [1.165, 1.54) is 44.1 Å². The van der Waals surface area contributed by atoms with Gasteiger partial charge >= 0.3 is 0 Å². The monoisotopic (exact) mass is 278 g/mol. The molecular weight excluding hydrogens is 248 g/mol. The molecule has 0 radical (unpaired) electrons. The zero-order valence-corrected chi connectivity index (χ0v) is 13.3. The maximum Gasteiger partial charge on any atom is 0.125 e. The molecule has 1 aromatic carbocycles. The van der Waals surface area contributed by atoms with Crippen LogP contribution in [0.15, 0.2) is 18.2 Å². The van der Waals surface area contributed by atoms with Gasteiger partial charge in [0.05, 0.1) is 12.7 Å². The normalized spacial score (nSPS) is 12.4. The largest absolute Gasteiger partial charge is 0.493 e. The lowest BCUT2D eigenvalue weighted by Crippen LogP contribution is -2.02. The van der Waals surface area contributed by atoms with Gasteiger partial charge in [-0.3, -0.25) is 0 Å². The van der Waals surface area contributed by atoms with Crippen LogP contribution >= 0.6 is 0 Å². The van der Waals surface area contributed by atoms with Gasteiger partial charge in [-0.1, -0.05) is 57.6 Å². The Hall–Kier alpha value is -1.02. The summed E-state index contributed by atoms with van der Waals surface area (Å²) < 4.78 is 5.85. The van der Waals surface area contributed by atoms with Gasteiger partial charge in [-0.2, -0.15) is 0 Å². The zero-order valence-electron chi connectivity index (χ0n) is 13.3. The highest BCUT2D eigenvalue weighted by molar-refractivity contribution is 5.38. The van der Waals surface area contributed by atoms with Crippen LogP contribution in [0.2, 0.25) is 0 Å². The molecule has 0 saturated carbocycles. The third kappa shape index (κ3) is 6.42. The lowest BCUT2D eigenvalue weighted by molar-refractivity contribution is 0.190. The first-order valence-corrected chi connectivity index (χ1v) is 8.06. The lowest BCUT2D eigenvalue weighted by Gasteiger charge is -2.14. The van der Waals surface area contributed by atoms with Gasteiger partial charge in [0.25, 0.3) is 0 Å². The number of unbranched alkanes of at least 4 members (excludes halogenated alkanes) is 6. The van der Waals surface area contributed by atoms with Crippen molar-refractivity contribution < 1.29 is 9.84 Å². The Morgan fingerprint density at radius 2 is 1.70 bits per heavy atom. The SMILES string of the molecule is CCCCCCCCCOc1cc(C)ccc1C(C)O. The Kier molecular flexibility index (Phi) is 8.36. The molecule has 1 N–H and O–H groups in total. The van der Waals surface area contributed by atoms with Gasteiger partial charge in [0.1, 0.15) is 5.75 Å². The van der Waals surface area contributed by atoms with E-state index in [4.69, 9.17) is 4.74 Å². The first-order valence-electron chi connectivity index (χ1n) is 8.06. The fraction of sp³-hybridized carbons (Fsp3) is 0.667. The molecule has 0 saturated heterocycles. The molecule has 0 aliphatic rings. The van der Waals surface area contributed by atoms with E-state index in [0.717, 1.165) is 24.3 Å². The quantitative estimate of drug-likeness (QED) is 0.598. The summed E-state index contributed by atoms with van der Waals surface area (Å²) >= 11 is 0. The van der Waals surface area contributed by atoms with Crippen LogP contribution in [-0.2, 0) is 0 Å². The molecule has 0 aromatic heterocycles. The smallest absolute Gasteiger partial charge is 0.125 e. The zero-order chi connectivity index (χ0) is 14.8. The number of hydrogen-bond donors (Lipinski definition) is 1. The Balaban J connectivity index is 2.26. The first-order chi connectivity index (χ1) is 9.65. The predicted molar refractivity (Wildman–Crippen MR) is 85.3 cm³/mol. The van der Waals surface area contributed by atoms with E-state index in [1.807, 2.05) is 25.1 Å². The van der Waals surface area contributed by atoms with Gasteiger partial charge in [-0.05, 0) is 31.9 Å². The van der Waals surface area contributed by atoms with Crippen LogP contribution in [0, 0.1) is 6.92 Å². The molecule has 2 nitrogen and oxygen atoms in total. The van der Waals surface area contributed by atoms with E-state index >= 15 is 0 Å².